The number of ketones is 1. The minimum absolute atomic E-state index is 0.151. The Bertz CT molecular complexity index is 881. The third-order valence-electron chi connectivity index (χ3n) is 5.54. The predicted molar refractivity (Wildman–Crippen MR) is 119 cm³/mol. The number of carbonyl (C=O) groups excluding carboxylic acids is 1. The van der Waals surface area contributed by atoms with E-state index >= 15 is 0 Å². The van der Waals surface area contributed by atoms with Crippen LogP contribution in [0.1, 0.15) is 27.5 Å². The third-order valence-corrected chi connectivity index (χ3v) is 5.79. The minimum Gasteiger partial charge on any atom is -0.293 e. The van der Waals surface area contributed by atoms with Crippen LogP contribution in [0.2, 0.25) is 5.02 Å². The Morgan fingerprint density at radius 2 is 1.28 bits per heavy atom. The molecule has 4 rings (SSSR count). The lowest BCUT2D eigenvalue weighted by Gasteiger charge is -2.39. The summed E-state index contributed by atoms with van der Waals surface area (Å²) in [7, 11) is 0. The summed E-state index contributed by atoms with van der Waals surface area (Å²) in [6.07, 6.45) is 0. The van der Waals surface area contributed by atoms with Crippen molar-refractivity contribution in [1.29, 1.82) is 0 Å². The molecule has 4 heteroatoms. The summed E-state index contributed by atoms with van der Waals surface area (Å²) in [6, 6.07) is 28.8. The van der Waals surface area contributed by atoms with Crippen LogP contribution in [0.25, 0.3) is 0 Å². The van der Waals surface area contributed by atoms with Gasteiger partial charge in [-0.1, -0.05) is 72.3 Å². The molecular weight excluding hydrogens is 380 g/mol. The van der Waals surface area contributed by atoms with E-state index in [4.69, 9.17) is 11.6 Å². The van der Waals surface area contributed by atoms with Crippen LogP contribution >= 0.6 is 11.6 Å². The van der Waals surface area contributed by atoms with Crippen molar-refractivity contribution < 1.29 is 4.79 Å². The first kappa shape index (κ1) is 19.8. The van der Waals surface area contributed by atoms with E-state index in [1.807, 2.05) is 12.1 Å². The van der Waals surface area contributed by atoms with E-state index in [9.17, 15) is 4.79 Å². The second-order valence-corrected chi connectivity index (χ2v) is 7.90. The Kier molecular flexibility index (Phi) is 6.40. The van der Waals surface area contributed by atoms with Crippen molar-refractivity contribution in [1.82, 2.24) is 9.80 Å². The Labute approximate surface area is 177 Å². The fraction of sp³-hybridized carbons (Fsp3) is 0.240. The van der Waals surface area contributed by atoms with Crippen LogP contribution in [0.5, 0.6) is 0 Å². The highest BCUT2D eigenvalue weighted by molar-refractivity contribution is 6.30. The Morgan fingerprint density at radius 3 is 1.79 bits per heavy atom. The summed E-state index contributed by atoms with van der Waals surface area (Å²) in [5.74, 6) is 0.151. The molecule has 1 saturated heterocycles. The smallest absolute Gasteiger partial charge is 0.176 e. The normalized spacial score (nSPS) is 15.5. The van der Waals surface area contributed by atoms with E-state index in [1.165, 1.54) is 11.1 Å². The molecule has 0 saturated carbocycles. The van der Waals surface area contributed by atoms with Crippen molar-refractivity contribution in [2.75, 3.05) is 32.7 Å². The molecule has 0 aliphatic carbocycles. The average molecular weight is 405 g/mol. The summed E-state index contributed by atoms with van der Waals surface area (Å²) >= 11 is 5.93. The lowest BCUT2D eigenvalue weighted by molar-refractivity contribution is 0.0808. The summed E-state index contributed by atoms with van der Waals surface area (Å²) in [4.78, 5) is 17.4. The number of Topliss-reactive ketones (excluding diaryl/α,β-unsaturated/α-hetero) is 1. The Balaban J connectivity index is 1.43. The maximum Gasteiger partial charge on any atom is 0.176 e. The van der Waals surface area contributed by atoms with E-state index < -0.39 is 0 Å². The summed E-state index contributed by atoms with van der Waals surface area (Å²) < 4.78 is 0. The molecule has 1 fully saturated rings. The zero-order valence-electron chi connectivity index (χ0n) is 16.4. The van der Waals surface area contributed by atoms with E-state index in [0.717, 1.165) is 31.7 Å². The number of carbonyl (C=O) groups is 1. The number of hydrogen-bond donors (Lipinski definition) is 0. The number of benzene rings is 3. The SMILES string of the molecule is O=C(CN1CCN(C(c2ccccc2)c2ccccc2)CC1)c1ccc(Cl)cc1. The summed E-state index contributed by atoms with van der Waals surface area (Å²) in [6.45, 7) is 4.09. The van der Waals surface area contributed by atoms with Gasteiger partial charge < -0.3 is 0 Å². The number of piperazine rings is 1. The molecule has 0 unspecified atom stereocenters. The largest absolute Gasteiger partial charge is 0.293 e. The maximum absolute atomic E-state index is 12.6. The van der Waals surface area contributed by atoms with Crippen molar-refractivity contribution in [3.63, 3.8) is 0 Å². The number of halogens is 1. The van der Waals surface area contributed by atoms with Gasteiger partial charge >= 0.3 is 0 Å². The van der Waals surface area contributed by atoms with Crippen molar-refractivity contribution in [2.24, 2.45) is 0 Å². The second-order valence-electron chi connectivity index (χ2n) is 7.47. The first-order valence-corrected chi connectivity index (χ1v) is 10.4. The quantitative estimate of drug-likeness (QED) is 0.544. The van der Waals surface area contributed by atoms with Gasteiger partial charge in [0.15, 0.2) is 5.78 Å². The third kappa shape index (κ3) is 4.94. The van der Waals surface area contributed by atoms with Crippen molar-refractivity contribution in [3.05, 3.63) is 107 Å². The van der Waals surface area contributed by atoms with Gasteiger partial charge in [0.2, 0.25) is 0 Å². The highest BCUT2D eigenvalue weighted by Gasteiger charge is 2.27. The Hall–Kier alpha value is -2.46. The van der Waals surface area contributed by atoms with E-state index in [-0.39, 0.29) is 11.8 Å². The van der Waals surface area contributed by atoms with Crippen LogP contribution in [0.3, 0.4) is 0 Å². The summed E-state index contributed by atoms with van der Waals surface area (Å²) in [5, 5.41) is 0.656. The molecule has 3 nitrogen and oxygen atoms in total. The highest BCUT2D eigenvalue weighted by Crippen LogP contribution is 2.29. The molecule has 3 aromatic carbocycles. The van der Waals surface area contributed by atoms with Gasteiger partial charge in [-0.25, -0.2) is 0 Å². The number of nitrogens with zero attached hydrogens (tertiary/aromatic N) is 2. The molecule has 1 aliphatic rings. The molecular formula is C25H25ClN2O. The van der Waals surface area contributed by atoms with Gasteiger partial charge in [0, 0.05) is 36.8 Å². The molecule has 0 aromatic heterocycles. The summed E-state index contributed by atoms with van der Waals surface area (Å²) in [5.41, 5.74) is 3.34. The van der Waals surface area contributed by atoms with E-state index in [0.29, 0.717) is 11.6 Å². The zero-order valence-corrected chi connectivity index (χ0v) is 17.1. The van der Waals surface area contributed by atoms with Crippen LogP contribution in [-0.4, -0.2) is 48.3 Å². The van der Waals surface area contributed by atoms with Crippen LogP contribution in [0.15, 0.2) is 84.9 Å². The molecule has 0 N–H and O–H groups in total. The molecule has 29 heavy (non-hydrogen) atoms. The molecule has 0 amide bonds. The van der Waals surface area contributed by atoms with Crippen LogP contribution in [0.4, 0.5) is 0 Å². The van der Waals surface area contributed by atoms with E-state index in [1.54, 1.807) is 12.1 Å². The molecule has 1 aliphatic heterocycles. The van der Waals surface area contributed by atoms with Crippen LogP contribution in [-0.2, 0) is 0 Å². The standard InChI is InChI=1S/C25H25ClN2O/c26-23-13-11-20(12-14-23)24(29)19-27-15-17-28(18-16-27)25(21-7-3-1-4-8-21)22-9-5-2-6-10-22/h1-14,25H,15-19H2. The topological polar surface area (TPSA) is 23.6 Å². The fourth-order valence-electron chi connectivity index (χ4n) is 3.99. The van der Waals surface area contributed by atoms with Gasteiger partial charge in [-0.2, -0.15) is 0 Å². The molecule has 1 heterocycles. The number of hydrogen-bond acceptors (Lipinski definition) is 3. The molecule has 0 bridgehead atoms. The number of rotatable bonds is 6. The van der Waals surface area contributed by atoms with Crippen molar-refractivity contribution in [3.8, 4) is 0 Å². The average Bonchev–Trinajstić information content (AvgIpc) is 2.77. The monoisotopic (exact) mass is 404 g/mol. The predicted octanol–water partition coefficient (Wildman–Crippen LogP) is 4.93. The molecule has 0 atom stereocenters. The van der Waals surface area contributed by atoms with Gasteiger partial charge in [0.25, 0.3) is 0 Å². The van der Waals surface area contributed by atoms with E-state index in [2.05, 4.69) is 70.5 Å². The molecule has 3 aromatic rings. The lowest BCUT2D eigenvalue weighted by Crippen LogP contribution is -2.49. The second kappa shape index (κ2) is 9.36. The molecule has 148 valence electrons. The highest BCUT2D eigenvalue weighted by atomic mass is 35.5. The van der Waals surface area contributed by atoms with Crippen molar-refractivity contribution in [2.45, 2.75) is 6.04 Å². The zero-order chi connectivity index (χ0) is 20.1. The minimum atomic E-state index is 0.151. The molecule has 0 spiro atoms. The van der Waals surface area contributed by atoms with Gasteiger partial charge in [-0.05, 0) is 35.4 Å². The van der Waals surface area contributed by atoms with Gasteiger partial charge in [0.1, 0.15) is 0 Å². The van der Waals surface area contributed by atoms with Gasteiger partial charge in [-0.3, -0.25) is 14.6 Å². The van der Waals surface area contributed by atoms with Gasteiger partial charge in [-0.15, -0.1) is 0 Å². The Morgan fingerprint density at radius 1 is 0.759 bits per heavy atom. The first-order chi connectivity index (χ1) is 14.2. The van der Waals surface area contributed by atoms with Crippen LogP contribution in [0, 0.1) is 0 Å². The van der Waals surface area contributed by atoms with Gasteiger partial charge in [0.05, 0.1) is 12.6 Å². The lowest BCUT2D eigenvalue weighted by atomic mass is 9.96. The molecule has 0 radical (unpaired) electrons. The van der Waals surface area contributed by atoms with Crippen LogP contribution < -0.4 is 0 Å². The van der Waals surface area contributed by atoms with Crippen molar-refractivity contribution >= 4 is 17.4 Å². The fourth-order valence-corrected chi connectivity index (χ4v) is 4.12. The maximum atomic E-state index is 12.6. The first-order valence-electron chi connectivity index (χ1n) is 10.1.